The standard InChI is InChI=1S/C22H23N5O6/c1-4-33-20(28)9-14-6-5-7-15(8-14)23-21(29)18-10-16(12-25(18)2)24-22(30)19-11-17(27(31)32)13-26(19)3/h5-8,10-13H,4,9H2,1-3H3,(H,23,29)(H,24,30). The Kier molecular flexibility index (Phi) is 6.91. The zero-order valence-corrected chi connectivity index (χ0v) is 18.3. The minimum atomic E-state index is -0.580. The van der Waals surface area contributed by atoms with Gasteiger partial charge in [-0.1, -0.05) is 12.1 Å². The van der Waals surface area contributed by atoms with E-state index in [1.165, 1.54) is 29.9 Å². The molecule has 0 saturated carbocycles. The molecule has 172 valence electrons. The van der Waals surface area contributed by atoms with Crippen molar-refractivity contribution in [1.82, 2.24) is 9.13 Å². The van der Waals surface area contributed by atoms with Crippen molar-refractivity contribution in [3.8, 4) is 0 Å². The molecule has 0 saturated heterocycles. The summed E-state index contributed by atoms with van der Waals surface area (Å²) in [4.78, 5) is 47.3. The highest BCUT2D eigenvalue weighted by molar-refractivity contribution is 6.06. The van der Waals surface area contributed by atoms with E-state index < -0.39 is 16.7 Å². The molecule has 3 rings (SSSR count). The summed E-state index contributed by atoms with van der Waals surface area (Å²) in [5, 5.41) is 16.3. The van der Waals surface area contributed by atoms with Gasteiger partial charge in [0, 0.05) is 32.0 Å². The molecule has 0 aliphatic heterocycles. The van der Waals surface area contributed by atoms with Gasteiger partial charge >= 0.3 is 5.97 Å². The van der Waals surface area contributed by atoms with Crippen molar-refractivity contribution in [3.05, 3.63) is 75.9 Å². The van der Waals surface area contributed by atoms with Gasteiger partial charge in [-0.05, 0) is 30.7 Å². The van der Waals surface area contributed by atoms with Gasteiger partial charge in [0.05, 0.1) is 29.8 Å². The number of benzene rings is 1. The molecular formula is C22H23N5O6. The van der Waals surface area contributed by atoms with Crippen molar-refractivity contribution >= 4 is 34.8 Å². The number of esters is 1. The van der Waals surface area contributed by atoms with Crippen LogP contribution in [0, 0.1) is 10.1 Å². The predicted molar refractivity (Wildman–Crippen MR) is 120 cm³/mol. The van der Waals surface area contributed by atoms with Crippen LogP contribution in [0.25, 0.3) is 0 Å². The molecular weight excluding hydrogens is 430 g/mol. The molecule has 0 radical (unpaired) electrons. The van der Waals surface area contributed by atoms with Crippen LogP contribution in [0.5, 0.6) is 0 Å². The summed E-state index contributed by atoms with van der Waals surface area (Å²) in [6.45, 7) is 2.03. The summed E-state index contributed by atoms with van der Waals surface area (Å²) in [6, 6.07) is 9.53. The third-order valence-electron chi connectivity index (χ3n) is 4.77. The Morgan fingerprint density at radius 2 is 1.61 bits per heavy atom. The van der Waals surface area contributed by atoms with Crippen LogP contribution in [0.3, 0.4) is 0 Å². The molecule has 1 aromatic carbocycles. The largest absolute Gasteiger partial charge is 0.466 e. The number of aryl methyl sites for hydroxylation is 2. The number of carbonyl (C=O) groups is 3. The third-order valence-corrected chi connectivity index (χ3v) is 4.77. The summed E-state index contributed by atoms with van der Waals surface area (Å²) in [5.74, 6) is -1.32. The van der Waals surface area contributed by atoms with Gasteiger partial charge in [0.15, 0.2) is 0 Å². The number of amides is 2. The Morgan fingerprint density at radius 1 is 0.970 bits per heavy atom. The average molecular weight is 453 g/mol. The molecule has 0 spiro atoms. The van der Waals surface area contributed by atoms with E-state index in [9.17, 15) is 24.5 Å². The van der Waals surface area contributed by atoms with Gasteiger partial charge in [-0.15, -0.1) is 0 Å². The molecule has 0 fully saturated rings. The molecule has 2 amide bonds. The Labute approximate surface area is 189 Å². The molecule has 0 aliphatic rings. The molecule has 2 heterocycles. The van der Waals surface area contributed by atoms with E-state index in [4.69, 9.17) is 4.74 Å². The molecule has 3 aromatic rings. The summed E-state index contributed by atoms with van der Waals surface area (Å²) in [5.41, 5.74) is 1.75. The number of nitrogens with one attached hydrogen (secondary N) is 2. The molecule has 2 aromatic heterocycles. The van der Waals surface area contributed by atoms with Crippen molar-refractivity contribution in [2.45, 2.75) is 13.3 Å². The van der Waals surface area contributed by atoms with Crippen LogP contribution >= 0.6 is 0 Å². The minimum Gasteiger partial charge on any atom is -0.466 e. The SMILES string of the molecule is CCOC(=O)Cc1cccc(NC(=O)c2cc(NC(=O)c3cc([N+](=O)[O-])cn3C)cn2C)c1. The normalized spacial score (nSPS) is 10.5. The lowest BCUT2D eigenvalue weighted by molar-refractivity contribution is -0.384. The van der Waals surface area contributed by atoms with E-state index in [1.807, 2.05) is 0 Å². The Hall–Kier alpha value is -4.41. The van der Waals surface area contributed by atoms with Crippen LogP contribution in [0.15, 0.2) is 48.8 Å². The monoisotopic (exact) mass is 453 g/mol. The fourth-order valence-electron chi connectivity index (χ4n) is 3.26. The van der Waals surface area contributed by atoms with Crippen molar-refractivity contribution in [3.63, 3.8) is 0 Å². The second kappa shape index (κ2) is 9.81. The molecule has 0 unspecified atom stereocenters. The van der Waals surface area contributed by atoms with Gasteiger partial charge in [0.25, 0.3) is 17.5 Å². The van der Waals surface area contributed by atoms with Crippen LogP contribution in [0.2, 0.25) is 0 Å². The number of carbonyl (C=O) groups excluding carboxylic acids is 3. The number of hydrogen-bond acceptors (Lipinski definition) is 6. The Morgan fingerprint density at radius 3 is 2.24 bits per heavy atom. The first-order valence-corrected chi connectivity index (χ1v) is 10.0. The molecule has 0 bridgehead atoms. The maximum atomic E-state index is 12.8. The van der Waals surface area contributed by atoms with Crippen LogP contribution in [0.1, 0.15) is 33.5 Å². The number of rotatable bonds is 8. The predicted octanol–water partition coefficient (Wildman–Crippen LogP) is 2.88. The molecule has 33 heavy (non-hydrogen) atoms. The smallest absolute Gasteiger partial charge is 0.310 e. The topological polar surface area (TPSA) is 138 Å². The third kappa shape index (κ3) is 5.64. The Balaban J connectivity index is 1.70. The van der Waals surface area contributed by atoms with Crippen LogP contribution in [0.4, 0.5) is 17.1 Å². The zero-order valence-electron chi connectivity index (χ0n) is 18.3. The second-order valence-corrected chi connectivity index (χ2v) is 7.27. The number of ether oxygens (including phenoxy) is 1. The first-order valence-electron chi connectivity index (χ1n) is 10.0. The van der Waals surface area contributed by atoms with E-state index >= 15 is 0 Å². The lowest BCUT2D eigenvalue weighted by atomic mass is 10.1. The highest BCUT2D eigenvalue weighted by Crippen LogP contribution is 2.20. The fraction of sp³-hybridized carbons (Fsp3) is 0.227. The Bertz CT molecular complexity index is 1230. The summed E-state index contributed by atoms with van der Waals surface area (Å²) < 4.78 is 7.84. The lowest BCUT2D eigenvalue weighted by Crippen LogP contribution is -2.16. The quantitative estimate of drug-likeness (QED) is 0.306. The van der Waals surface area contributed by atoms with Gasteiger partial charge < -0.3 is 24.5 Å². The number of hydrogen-bond donors (Lipinski definition) is 2. The molecule has 11 heteroatoms. The molecule has 11 nitrogen and oxygen atoms in total. The number of nitrogens with zero attached hydrogens (tertiary/aromatic N) is 3. The maximum Gasteiger partial charge on any atom is 0.310 e. The molecule has 0 aliphatic carbocycles. The molecule has 0 atom stereocenters. The van der Waals surface area contributed by atoms with Crippen LogP contribution in [-0.2, 0) is 30.0 Å². The van der Waals surface area contributed by atoms with Crippen molar-refractivity contribution in [2.75, 3.05) is 17.2 Å². The van der Waals surface area contributed by atoms with Crippen LogP contribution in [-0.4, -0.2) is 38.4 Å². The first kappa shape index (κ1) is 23.3. The highest BCUT2D eigenvalue weighted by Gasteiger charge is 2.19. The summed E-state index contributed by atoms with van der Waals surface area (Å²) in [7, 11) is 3.18. The number of aromatic nitrogens is 2. The van der Waals surface area contributed by atoms with Gasteiger partial charge in [-0.2, -0.15) is 0 Å². The van der Waals surface area contributed by atoms with E-state index in [0.717, 1.165) is 0 Å². The summed E-state index contributed by atoms with van der Waals surface area (Å²) in [6.07, 6.45) is 2.89. The van der Waals surface area contributed by atoms with Gasteiger partial charge in [-0.3, -0.25) is 24.5 Å². The maximum absolute atomic E-state index is 12.8. The minimum absolute atomic E-state index is 0.0925. The van der Waals surface area contributed by atoms with E-state index in [2.05, 4.69) is 10.6 Å². The van der Waals surface area contributed by atoms with Crippen molar-refractivity contribution < 1.29 is 24.0 Å². The second-order valence-electron chi connectivity index (χ2n) is 7.27. The van der Waals surface area contributed by atoms with Crippen molar-refractivity contribution in [1.29, 1.82) is 0 Å². The van der Waals surface area contributed by atoms with Crippen LogP contribution < -0.4 is 10.6 Å². The summed E-state index contributed by atoms with van der Waals surface area (Å²) >= 11 is 0. The van der Waals surface area contributed by atoms with E-state index in [0.29, 0.717) is 23.5 Å². The highest BCUT2D eigenvalue weighted by atomic mass is 16.6. The zero-order chi connectivity index (χ0) is 24.1. The average Bonchev–Trinajstić information content (AvgIpc) is 3.31. The fourth-order valence-corrected chi connectivity index (χ4v) is 3.26. The molecule has 2 N–H and O–H groups in total. The van der Waals surface area contributed by atoms with Crippen molar-refractivity contribution in [2.24, 2.45) is 14.1 Å². The van der Waals surface area contributed by atoms with E-state index in [1.54, 1.807) is 49.0 Å². The van der Waals surface area contributed by atoms with Gasteiger partial charge in [-0.25, -0.2) is 0 Å². The first-order chi connectivity index (χ1) is 15.7. The number of anilines is 2. The lowest BCUT2D eigenvalue weighted by Gasteiger charge is -2.08. The van der Waals surface area contributed by atoms with Gasteiger partial charge in [0.1, 0.15) is 11.4 Å². The number of nitro groups is 1. The van der Waals surface area contributed by atoms with E-state index in [-0.39, 0.29) is 29.5 Å². The van der Waals surface area contributed by atoms with Gasteiger partial charge in [0.2, 0.25) is 0 Å².